The molecule has 0 amide bonds. The van der Waals surface area contributed by atoms with Gasteiger partial charge in [-0.25, -0.2) is 4.98 Å². The lowest BCUT2D eigenvalue weighted by atomic mass is 10.1. The Kier molecular flexibility index (Phi) is 2.54. The molecule has 3 nitrogen and oxygen atoms in total. The Bertz CT molecular complexity index is 557. The van der Waals surface area contributed by atoms with Crippen molar-refractivity contribution in [1.29, 1.82) is 5.26 Å². The summed E-state index contributed by atoms with van der Waals surface area (Å²) < 4.78 is 0. The van der Waals surface area contributed by atoms with Gasteiger partial charge in [-0.3, -0.25) is 0 Å². The number of hydrogen-bond acceptors (Lipinski definition) is 4. The number of anilines is 1. The molecule has 3 rings (SSSR count). The van der Waals surface area contributed by atoms with Crippen LogP contribution >= 0.6 is 11.3 Å². The zero-order valence-corrected chi connectivity index (χ0v) is 10.00. The summed E-state index contributed by atoms with van der Waals surface area (Å²) in [5.74, 6) is 0. The summed E-state index contributed by atoms with van der Waals surface area (Å²) in [5, 5.41) is 13.0. The fraction of sp³-hybridized carbons (Fsp3) is 0.231. The Hall–Kier alpha value is -1.86. The lowest BCUT2D eigenvalue weighted by Crippen LogP contribution is -2.19. The molecule has 2 aromatic rings. The van der Waals surface area contributed by atoms with E-state index >= 15 is 0 Å². The third-order valence-electron chi connectivity index (χ3n) is 2.99. The van der Waals surface area contributed by atoms with Crippen LogP contribution in [0.15, 0.2) is 30.5 Å². The van der Waals surface area contributed by atoms with E-state index in [0.717, 1.165) is 18.0 Å². The fourth-order valence-corrected chi connectivity index (χ4v) is 2.92. The minimum Gasteiger partial charge on any atom is -0.358 e. The first-order valence-corrected chi connectivity index (χ1v) is 6.36. The predicted molar refractivity (Wildman–Crippen MR) is 68.1 cm³/mol. The van der Waals surface area contributed by atoms with Crippen molar-refractivity contribution in [2.24, 2.45) is 0 Å². The summed E-state index contributed by atoms with van der Waals surface area (Å²) in [6, 6.07) is 11.0. The van der Waals surface area contributed by atoms with E-state index in [2.05, 4.69) is 40.6 Å². The highest BCUT2D eigenvalue weighted by atomic mass is 32.1. The van der Waals surface area contributed by atoms with E-state index in [1.807, 2.05) is 0 Å². The average molecular weight is 241 g/mol. The molecule has 0 radical (unpaired) electrons. The van der Waals surface area contributed by atoms with Crippen LogP contribution in [0.3, 0.4) is 0 Å². The summed E-state index contributed by atoms with van der Waals surface area (Å²) in [6.45, 7) is 0. The smallest absolute Gasteiger partial charge is 0.184 e. The molecule has 0 atom stereocenters. The minimum atomic E-state index is 0.407. The van der Waals surface area contributed by atoms with Gasteiger partial charge in [-0.15, -0.1) is 0 Å². The van der Waals surface area contributed by atoms with Gasteiger partial charge in [-0.1, -0.05) is 35.6 Å². The van der Waals surface area contributed by atoms with Gasteiger partial charge < -0.3 is 5.32 Å². The molecule has 0 saturated heterocycles. The molecular formula is C13H11N3S. The first-order valence-electron chi connectivity index (χ1n) is 5.54. The van der Waals surface area contributed by atoms with Crippen molar-refractivity contribution in [2.75, 3.05) is 5.32 Å². The summed E-state index contributed by atoms with van der Waals surface area (Å²) in [5.41, 5.74) is 2.84. The maximum atomic E-state index is 8.75. The fourth-order valence-electron chi connectivity index (χ4n) is 2.23. The minimum absolute atomic E-state index is 0.407. The lowest BCUT2D eigenvalue weighted by Gasteiger charge is -2.09. The van der Waals surface area contributed by atoms with Gasteiger partial charge in [0.1, 0.15) is 10.9 Å². The van der Waals surface area contributed by atoms with Crippen molar-refractivity contribution in [3.8, 4) is 6.07 Å². The molecule has 1 aromatic carbocycles. The second-order valence-corrected chi connectivity index (χ2v) is 5.19. The molecule has 1 heterocycles. The molecule has 1 N–H and O–H groups in total. The lowest BCUT2D eigenvalue weighted by molar-refractivity contribution is 0.773. The van der Waals surface area contributed by atoms with Crippen LogP contribution in [-0.4, -0.2) is 11.0 Å². The largest absolute Gasteiger partial charge is 0.358 e. The van der Waals surface area contributed by atoms with Gasteiger partial charge in [0, 0.05) is 6.04 Å². The summed E-state index contributed by atoms with van der Waals surface area (Å²) in [4.78, 5) is 4.85. The quantitative estimate of drug-likeness (QED) is 0.879. The van der Waals surface area contributed by atoms with Gasteiger partial charge in [0.25, 0.3) is 0 Å². The van der Waals surface area contributed by atoms with E-state index in [4.69, 9.17) is 5.26 Å². The number of nitrogens with zero attached hydrogens (tertiary/aromatic N) is 2. The van der Waals surface area contributed by atoms with Gasteiger partial charge in [0.15, 0.2) is 5.13 Å². The maximum absolute atomic E-state index is 8.75. The van der Waals surface area contributed by atoms with E-state index in [9.17, 15) is 0 Å². The van der Waals surface area contributed by atoms with E-state index in [-0.39, 0.29) is 0 Å². The standard InChI is InChI=1S/C13H11N3S/c14-7-12-8-15-13(17-12)16-11-5-9-3-1-2-4-10(9)6-11/h1-4,8,11H,5-6H2,(H,15,16). The Morgan fingerprint density at radius 2 is 2.00 bits per heavy atom. The SMILES string of the molecule is N#Cc1cnc(NC2Cc3ccccc3C2)s1. The molecule has 1 aliphatic carbocycles. The first-order chi connectivity index (χ1) is 8.35. The van der Waals surface area contributed by atoms with Gasteiger partial charge in [-0.05, 0) is 24.0 Å². The van der Waals surface area contributed by atoms with Crippen LogP contribution in [0.25, 0.3) is 0 Å². The van der Waals surface area contributed by atoms with E-state index < -0.39 is 0 Å². The van der Waals surface area contributed by atoms with Gasteiger partial charge in [0.05, 0.1) is 6.20 Å². The molecule has 0 spiro atoms. The Morgan fingerprint density at radius 3 is 2.59 bits per heavy atom. The van der Waals surface area contributed by atoms with Crippen LogP contribution in [-0.2, 0) is 12.8 Å². The van der Waals surface area contributed by atoms with E-state index in [1.54, 1.807) is 6.20 Å². The number of rotatable bonds is 2. The second-order valence-electron chi connectivity index (χ2n) is 4.16. The Morgan fingerprint density at radius 1 is 1.29 bits per heavy atom. The third-order valence-corrected chi connectivity index (χ3v) is 3.83. The average Bonchev–Trinajstić information content (AvgIpc) is 2.94. The van der Waals surface area contributed by atoms with Crippen LogP contribution in [0.4, 0.5) is 5.13 Å². The normalized spacial score (nSPS) is 14.3. The molecule has 0 bridgehead atoms. The molecule has 0 saturated carbocycles. The van der Waals surface area contributed by atoms with Crippen LogP contribution in [0.5, 0.6) is 0 Å². The zero-order chi connectivity index (χ0) is 11.7. The molecule has 0 fully saturated rings. The number of benzene rings is 1. The van der Waals surface area contributed by atoms with E-state index in [1.165, 1.54) is 22.5 Å². The van der Waals surface area contributed by atoms with E-state index in [0.29, 0.717) is 10.9 Å². The van der Waals surface area contributed by atoms with Gasteiger partial charge >= 0.3 is 0 Å². The number of aromatic nitrogens is 1. The molecule has 1 aliphatic rings. The van der Waals surface area contributed by atoms with Crippen LogP contribution < -0.4 is 5.32 Å². The molecule has 84 valence electrons. The Labute approximate surface area is 104 Å². The molecular weight excluding hydrogens is 230 g/mol. The zero-order valence-electron chi connectivity index (χ0n) is 9.18. The Balaban J connectivity index is 1.72. The van der Waals surface area contributed by atoms with Crippen molar-refractivity contribution >= 4 is 16.5 Å². The summed E-state index contributed by atoms with van der Waals surface area (Å²) in [7, 11) is 0. The van der Waals surface area contributed by atoms with Crippen molar-refractivity contribution in [3.63, 3.8) is 0 Å². The highest BCUT2D eigenvalue weighted by Gasteiger charge is 2.21. The number of fused-ring (bicyclic) bond motifs is 1. The second kappa shape index (κ2) is 4.19. The van der Waals surface area contributed by atoms with Crippen LogP contribution in [0, 0.1) is 11.3 Å². The number of thiazole rings is 1. The molecule has 4 heteroatoms. The number of nitriles is 1. The molecule has 1 aromatic heterocycles. The van der Waals surface area contributed by atoms with Crippen molar-refractivity contribution < 1.29 is 0 Å². The highest BCUT2D eigenvalue weighted by molar-refractivity contribution is 7.16. The summed E-state index contributed by atoms with van der Waals surface area (Å²) >= 11 is 1.42. The van der Waals surface area contributed by atoms with Gasteiger partial charge in [0.2, 0.25) is 0 Å². The monoisotopic (exact) mass is 241 g/mol. The van der Waals surface area contributed by atoms with Gasteiger partial charge in [-0.2, -0.15) is 5.26 Å². The highest BCUT2D eigenvalue weighted by Crippen LogP contribution is 2.26. The third kappa shape index (κ3) is 2.02. The van der Waals surface area contributed by atoms with Crippen molar-refractivity contribution in [3.05, 3.63) is 46.5 Å². The number of hydrogen-bond donors (Lipinski definition) is 1. The molecule has 17 heavy (non-hydrogen) atoms. The topological polar surface area (TPSA) is 48.7 Å². The predicted octanol–water partition coefficient (Wildman–Crippen LogP) is 2.59. The van der Waals surface area contributed by atoms with Crippen LogP contribution in [0.1, 0.15) is 16.0 Å². The molecule has 0 unspecified atom stereocenters. The summed E-state index contributed by atoms with van der Waals surface area (Å²) in [6.07, 6.45) is 3.70. The van der Waals surface area contributed by atoms with Crippen molar-refractivity contribution in [1.82, 2.24) is 4.98 Å². The van der Waals surface area contributed by atoms with Crippen LogP contribution in [0.2, 0.25) is 0 Å². The maximum Gasteiger partial charge on any atom is 0.184 e. The number of nitrogens with one attached hydrogen (secondary N) is 1. The first kappa shape index (κ1) is 10.3. The van der Waals surface area contributed by atoms with Crippen molar-refractivity contribution in [2.45, 2.75) is 18.9 Å². The molecule has 0 aliphatic heterocycles.